The van der Waals surface area contributed by atoms with E-state index in [1.54, 1.807) is 7.11 Å². The van der Waals surface area contributed by atoms with Crippen LogP contribution in [0.25, 0.3) is 0 Å². The molecule has 1 aromatic carbocycles. The minimum Gasteiger partial charge on any atom is -0.383 e. The van der Waals surface area contributed by atoms with E-state index in [9.17, 15) is 4.79 Å². The highest BCUT2D eigenvalue weighted by atomic mass is 16.5. The van der Waals surface area contributed by atoms with E-state index < -0.39 is 0 Å². The number of hydrogen-bond donors (Lipinski definition) is 2. The molecule has 0 radical (unpaired) electrons. The van der Waals surface area contributed by atoms with Crippen LogP contribution in [0.4, 0.5) is 5.69 Å². The fourth-order valence-electron chi connectivity index (χ4n) is 1.45. The van der Waals surface area contributed by atoms with Crippen LogP contribution in [0.3, 0.4) is 0 Å². The second-order valence-corrected chi connectivity index (χ2v) is 3.77. The van der Waals surface area contributed by atoms with Gasteiger partial charge in [-0.25, -0.2) is 0 Å². The summed E-state index contributed by atoms with van der Waals surface area (Å²) in [6.45, 7) is 3.68. The van der Waals surface area contributed by atoms with Crippen LogP contribution in [0.1, 0.15) is 12.5 Å². The monoisotopic (exact) mass is 236 g/mol. The van der Waals surface area contributed by atoms with Gasteiger partial charge in [-0.15, -0.1) is 0 Å². The standard InChI is InChI=1S/C13H20N2O2/c1-3-11-5-4-6-12(9-11)15-13(16)10-14-7-8-17-2/h4-6,9,14H,3,7-8,10H2,1-2H3,(H,15,16). The van der Waals surface area contributed by atoms with Crippen molar-refractivity contribution in [3.05, 3.63) is 29.8 Å². The molecule has 1 rings (SSSR count). The zero-order chi connectivity index (χ0) is 12.5. The van der Waals surface area contributed by atoms with E-state index in [-0.39, 0.29) is 5.91 Å². The number of hydrogen-bond acceptors (Lipinski definition) is 3. The fraction of sp³-hybridized carbons (Fsp3) is 0.462. The number of carbonyl (C=O) groups is 1. The molecule has 0 heterocycles. The van der Waals surface area contributed by atoms with E-state index >= 15 is 0 Å². The topological polar surface area (TPSA) is 50.4 Å². The normalized spacial score (nSPS) is 10.2. The first-order chi connectivity index (χ1) is 8.26. The third-order valence-electron chi connectivity index (χ3n) is 2.39. The summed E-state index contributed by atoms with van der Waals surface area (Å²) in [5, 5.41) is 5.85. The van der Waals surface area contributed by atoms with E-state index in [0.29, 0.717) is 19.7 Å². The molecule has 0 spiro atoms. The Labute approximate surface area is 102 Å². The van der Waals surface area contributed by atoms with Gasteiger partial charge in [0.15, 0.2) is 0 Å². The number of carbonyl (C=O) groups excluding carboxylic acids is 1. The zero-order valence-corrected chi connectivity index (χ0v) is 10.5. The van der Waals surface area contributed by atoms with Crippen molar-refractivity contribution in [1.82, 2.24) is 5.32 Å². The summed E-state index contributed by atoms with van der Waals surface area (Å²) in [7, 11) is 1.64. The summed E-state index contributed by atoms with van der Waals surface area (Å²) in [5.74, 6) is -0.0330. The maximum absolute atomic E-state index is 11.6. The van der Waals surface area contributed by atoms with E-state index in [4.69, 9.17) is 4.74 Å². The molecule has 0 saturated heterocycles. The Morgan fingerprint density at radius 3 is 2.94 bits per heavy atom. The number of nitrogens with one attached hydrogen (secondary N) is 2. The molecule has 0 aliphatic heterocycles. The predicted molar refractivity (Wildman–Crippen MR) is 69.2 cm³/mol. The lowest BCUT2D eigenvalue weighted by Crippen LogP contribution is -2.30. The Morgan fingerprint density at radius 2 is 2.24 bits per heavy atom. The molecular formula is C13H20N2O2. The maximum atomic E-state index is 11.6. The summed E-state index contributed by atoms with van der Waals surface area (Å²) in [6.07, 6.45) is 0.968. The van der Waals surface area contributed by atoms with E-state index in [2.05, 4.69) is 17.6 Å². The lowest BCUT2D eigenvalue weighted by molar-refractivity contribution is -0.115. The number of benzene rings is 1. The Morgan fingerprint density at radius 1 is 1.41 bits per heavy atom. The van der Waals surface area contributed by atoms with Crippen LogP contribution in [0.15, 0.2) is 24.3 Å². The zero-order valence-electron chi connectivity index (χ0n) is 10.5. The molecule has 0 unspecified atom stereocenters. The summed E-state index contributed by atoms with van der Waals surface area (Å²) < 4.78 is 4.88. The average molecular weight is 236 g/mol. The Balaban J connectivity index is 2.34. The number of amides is 1. The average Bonchev–Trinajstić information content (AvgIpc) is 2.35. The molecule has 0 aromatic heterocycles. The van der Waals surface area contributed by atoms with Gasteiger partial charge in [0.1, 0.15) is 0 Å². The summed E-state index contributed by atoms with van der Waals surface area (Å²) in [4.78, 5) is 11.6. The number of aryl methyl sites for hydroxylation is 1. The SMILES string of the molecule is CCc1cccc(NC(=O)CNCCOC)c1. The summed E-state index contributed by atoms with van der Waals surface area (Å²) in [6, 6.07) is 7.89. The first-order valence-electron chi connectivity index (χ1n) is 5.84. The Bertz CT molecular complexity index is 353. The van der Waals surface area contributed by atoms with Gasteiger partial charge in [0, 0.05) is 19.3 Å². The molecule has 4 nitrogen and oxygen atoms in total. The van der Waals surface area contributed by atoms with Crippen molar-refractivity contribution in [2.45, 2.75) is 13.3 Å². The van der Waals surface area contributed by atoms with Crippen molar-refractivity contribution < 1.29 is 9.53 Å². The largest absolute Gasteiger partial charge is 0.383 e. The van der Waals surface area contributed by atoms with Crippen molar-refractivity contribution in [1.29, 1.82) is 0 Å². The van der Waals surface area contributed by atoms with Crippen LogP contribution >= 0.6 is 0 Å². The quantitative estimate of drug-likeness (QED) is 0.704. The van der Waals surface area contributed by atoms with Gasteiger partial charge in [0.05, 0.1) is 13.2 Å². The second-order valence-electron chi connectivity index (χ2n) is 3.77. The van der Waals surface area contributed by atoms with Crippen LogP contribution in [0, 0.1) is 0 Å². The number of methoxy groups -OCH3 is 1. The smallest absolute Gasteiger partial charge is 0.238 e. The van der Waals surface area contributed by atoms with Crippen molar-refractivity contribution in [2.75, 3.05) is 32.1 Å². The molecule has 2 N–H and O–H groups in total. The number of anilines is 1. The molecule has 17 heavy (non-hydrogen) atoms. The molecule has 0 aliphatic carbocycles. The molecule has 1 aromatic rings. The summed E-state index contributed by atoms with van der Waals surface area (Å²) in [5.41, 5.74) is 2.07. The van der Waals surface area contributed by atoms with Crippen molar-refractivity contribution in [2.24, 2.45) is 0 Å². The van der Waals surface area contributed by atoms with E-state index in [1.807, 2.05) is 24.3 Å². The molecule has 0 aliphatic rings. The van der Waals surface area contributed by atoms with Gasteiger partial charge in [0.2, 0.25) is 5.91 Å². The predicted octanol–water partition coefficient (Wildman–Crippen LogP) is 1.42. The van der Waals surface area contributed by atoms with Crippen LogP contribution in [0.2, 0.25) is 0 Å². The third kappa shape index (κ3) is 5.47. The highest BCUT2D eigenvalue weighted by Crippen LogP contribution is 2.10. The van der Waals surface area contributed by atoms with Crippen LogP contribution in [-0.4, -0.2) is 32.7 Å². The van der Waals surface area contributed by atoms with E-state index in [0.717, 1.165) is 12.1 Å². The minimum atomic E-state index is -0.0330. The van der Waals surface area contributed by atoms with Gasteiger partial charge < -0.3 is 15.4 Å². The molecule has 0 saturated carbocycles. The van der Waals surface area contributed by atoms with Gasteiger partial charge in [-0.1, -0.05) is 19.1 Å². The second kappa shape index (κ2) is 7.81. The molecule has 0 fully saturated rings. The number of rotatable bonds is 7. The highest BCUT2D eigenvalue weighted by molar-refractivity contribution is 5.92. The van der Waals surface area contributed by atoms with Crippen molar-refractivity contribution in [3.63, 3.8) is 0 Å². The lowest BCUT2D eigenvalue weighted by Gasteiger charge is -2.07. The molecule has 0 atom stereocenters. The van der Waals surface area contributed by atoms with Gasteiger partial charge in [0.25, 0.3) is 0 Å². The fourth-order valence-corrected chi connectivity index (χ4v) is 1.45. The lowest BCUT2D eigenvalue weighted by atomic mass is 10.1. The van der Waals surface area contributed by atoms with Gasteiger partial charge in [-0.3, -0.25) is 4.79 Å². The van der Waals surface area contributed by atoms with Crippen LogP contribution in [0.5, 0.6) is 0 Å². The van der Waals surface area contributed by atoms with Gasteiger partial charge in [-0.05, 0) is 24.1 Å². The highest BCUT2D eigenvalue weighted by Gasteiger charge is 2.01. The molecule has 1 amide bonds. The summed E-state index contributed by atoms with van der Waals surface area (Å²) >= 11 is 0. The van der Waals surface area contributed by atoms with Gasteiger partial charge >= 0.3 is 0 Å². The first-order valence-corrected chi connectivity index (χ1v) is 5.84. The van der Waals surface area contributed by atoms with Crippen LogP contribution in [-0.2, 0) is 16.0 Å². The minimum absolute atomic E-state index is 0.0330. The van der Waals surface area contributed by atoms with E-state index in [1.165, 1.54) is 5.56 Å². The molecular weight excluding hydrogens is 216 g/mol. The Kier molecular flexibility index (Phi) is 6.29. The molecule has 4 heteroatoms. The Hall–Kier alpha value is -1.39. The van der Waals surface area contributed by atoms with Gasteiger partial charge in [-0.2, -0.15) is 0 Å². The third-order valence-corrected chi connectivity index (χ3v) is 2.39. The van der Waals surface area contributed by atoms with Crippen molar-refractivity contribution in [3.8, 4) is 0 Å². The van der Waals surface area contributed by atoms with Crippen molar-refractivity contribution >= 4 is 11.6 Å². The molecule has 94 valence electrons. The van der Waals surface area contributed by atoms with Crippen LogP contribution < -0.4 is 10.6 Å². The molecule has 0 bridgehead atoms. The first kappa shape index (κ1) is 13.7. The number of ether oxygens (including phenoxy) is 1. The maximum Gasteiger partial charge on any atom is 0.238 e.